The molecule has 0 radical (unpaired) electrons. The van der Waals surface area contributed by atoms with Crippen LogP contribution in [0.4, 0.5) is 9.59 Å². The quantitative estimate of drug-likeness (QED) is 0.504. The molecular formula is C32H41N3O6. The Hall–Kier alpha value is -3.59. The van der Waals surface area contributed by atoms with Gasteiger partial charge in [-0.15, -0.1) is 0 Å². The Balaban J connectivity index is 1.38. The lowest BCUT2D eigenvalue weighted by Crippen LogP contribution is -2.61. The summed E-state index contributed by atoms with van der Waals surface area (Å²) in [7, 11) is 4.05. The lowest BCUT2D eigenvalue weighted by molar-refractivity contribution is -0.150. The molecule has 2 amide bonds. The van der Waals surface area contributed by atoms with Crippen LogP contribution in [0.2, 0.25) is 0 Å². The van der Waals surface area contributed by atoms with Crippen LogP contribution >= 0.6 is 0 Å². The van der Waals surface area contributed by atoms with E-state index in [9.17, 15) is 19.5 Å². The van der Waals surface area contributed by atoms with Crippen molar-refractivity contribution in [3.05, 3.63) is 59.7 Å². The molecule has 5 rings (SSSR count). The second-order valence-corrected chi connectivity index (χ2v) is 12.9. The zero-order valence-corrected chi connectivity index (χ0v) is 24.6. The first-order chi connectivity index (χ1) is 19.4. The fourth-order valence-corrected chi connectivity index (χ4v) is 6.41. The van der Waals surface area contributed by atoms with E-state index in [4.69, 9.17) is 9.47 Å². The Morgan fingerprint density at radius 2 is 1.59 bits per heavy atom. The van der Waals surface area contributed by atoms with Crippen LogP contribution in [-0.4, -0.2) is 95.5 Å². The van der Waals surface area contributed by atoms with E-state index in [0.717, 1.165) is 35.1 Å². The first-order valence-electron chi connectivity index (χ1n) is 14.4. The first-order valence-corrected chi connectivity index (χ1v) is 14.4. The van der Waals surface area contributed by atoms with E-state index < -0.39 is 29.3 Å². The van der Waals surface area contributed by atoms with E-state index in [-0.39, 0.29) is 44.5 Å². The molecule has 220 valence electrons. The molecule has 2 fully saturated rings. The van der Waals surface area contributed by atoms with Gasteiger partial charge in [0.05, 0.1) is 6.54 Å². The SMILES string of the molecule is CN(C)C1CC(CN(C(=O)OCC2c3ccccc3-c3ccccc32)C2(C(=O)O)CCN(C(=O)OC(C)(C)C)C2)C1. The second kappa shape index (κ2) is 11.0. The average Bonchev–Trinajstić information content (AvgIpc) is 3.47. The second-order valence-electron chi connectivity index (χ2n) is 12.9. The van der Waals surface area contributed by atoms with Crippen LogP contribution in [0.25, 0.3) is 11.1 Å². The maximum atomic E-state index is 13.9. The van der Waals surface area contributed by atoms with Gasteiger partial charge in [0.25, 0.3) is 0 Å². The minimum Gasteiger partial charge on any atom is -0.479 e. The summed E-state index contributed by atoms with van der Waals surface area (Å²) in [6.45, 7) is 5.70. The van der Waals surface area contributed by atoms with E-state index in [1.165, 1.54) is 9.80 Å². The highest BCUT2D eigenvalue weighted by molar-refractivity contribution is 5.87. The molecule has 0 spiro atoms. The van der Waals surface area contributed by atoms with E-state index in [2.05, 4.69) is 29.2 Å². The van der Waals surface area contributed by atoms with Crippen molar-refractivity contribution in [2.75, 3.05) is 40.3 Å². The zero-order valence-electron chi connectivity index (χ0n) is 24.6. The number of likely N-dealkylation sites (tertiary alicyclic amines) is 1. The molecule has 9 nitrogen and oxygen atoms in total. The standard InChI is InChI=1S/C32H41N3O6/c1-31(2,3)41-29(38)34-15-14-32(20-34,28(36)37)35(18-21-16-22(17-21)33(4)5)30(39)40-19-27-25-12-8-6-10-23(25)24-11-7-9-13-26(24)27/h6-13,21-22,27H,14-20H2,1-5H3,(H,36,37). The number of benzene rings is 2. The zero-order chi connectivity index (χ0) is 29.5. The molecule has 3 aliphatic rings. The van der Waals surface area contributed by atoms with Crippen molar-refractivity contribution in [2.45, 2.75) is 63.1 Å². The summed E-state index contributed by atoms with van der Waals surface area (Å²) in [5.74, 6) is -1.13. The molecule has 1 heterocycles. The predicted octanol–water partition coefficient (Wildman–Crippen LogP) is 5.04. The van der Waals surface area contributed by atoms with Gasteiger partial charge in [0.1, 0.15) is 12.2 Å². The van der Waals surface area contributed by atoms with Crippen LogP contribution in [0, 0.1) is 5.92 Å². The molecule has 0 bridgehead atoms. The Morgan fingerprint density at radius 1 is 1.00 bits per heavy atom. The largest absolute Gasteiger partial charge is 0.479 e. The number of carboxylic acids is 1. The minimum atomic E-state index is -1.59. The number of fused-ring (bicyclic) bond motifs is 3. The number of nitrogens with zero attached hydrogens (tertiary/aromatic N) is 3. The van der Waals surface area contributed by atoms with Gasteiger partial charge in [-0.1, -0.05) is 48.5 Å². The summed E-state index contributed by atoms with van der Waals surface area (Å²) < 4.78 is 11.5. The minimum absolute atomic E-state index is 0.0971. The monoisotopic (exact) mass is 563 g/mol. The van der Waals surface area contributed by atoms with Crippen molar-refractivity contribution in [3.8, 4) is 11.1 Å². The van der Waals surface area contributed by atoms with Gasteiger partial charge in [-0.2, -0.15) is 0 Å². The van der Waals surface area contributed by atoms with Gasteiger partial charge in [0.2, 0.25) is 0 Å². The van der Waals surface area contributed by atoms with Crippen LogP contribution in [0.15, 0.2) is 48.5 Å². The molecule has 2 aromatic rings. The van der Waals surface area contributed by atoms with Crippen LogP contribution in [0.3, 0.4) is 0 Å². The Labute approximate surface area is 242 Å². The number of carbonyl (C=O) groups excluding carboxylic acids is 2. The maximum Gasteiger partial charge on any atom is 0.410 e. The number of amides is 2. The topological polar surface area (TPSA) is 99.6 Å². The van der Waals surface area contributed by atoms with Crippen molar-refractivity contribution >= 4 is 18.2 Å². The third kappa shape index (κ3) is 5.64. The van der Waals surface area contributed by atoms with Gasteiger partial charge >= 0.3 is 18.2 Å². The Bertz CT molecular complexity index is 1270. The van der Waals surface area contributed by atoms with Gasteiger partial charge in [-0.25, -0.2) is 14.4 Å². The molecule has 1 atom stereocenters. The molecule has 9 heteroatoms. The molecular weight excluding hydrogens is 522 g/mol. The van der Waals surface area contributed by atoms with E-state index in [1.807, 2.05) is 38.4 Å². The fourth-order valence-electron chi connectivity index (χ4n) is 6.41. The lowest BCUT2D eigenvalue weighted by Gasteiger charge is -2.45. The third-order valence-corrected chi connectivity index (χ3v) is 8.75. The van der Waals surface area contributed by atoms with Gasteiger partial charge in [0.15, 0.2) is 5.54 Å². The molecule has 41 heavy (non-hydrogen) atoms. The molecule has 1 saturated carbocycles. The number of carbonyl (C=O) groups is 3. The number of hydrogen-bond donors (Lipinski definition) is 1. The molecule has 2 aliphatic carbocycles. The highest BCUT2D eigenvalue weighted by atomic mass is 16.6. The van der Waals surface area contributed by atoms with Crippen molar-refractivity contribution in [1.29, 1.82) is 0 Å². The highest BCUT2D eigenvalue weighted by Crippen LogP contribution is 2.45. The van der Waals surface area contributed by atoms with E-state index in [0.29, 0.717) is 6.04 Å². The van der Waals surface area contributed by atoms with Crippen LogP contribution in [0.1, 0.15) is 57.1 Å². The summed E-state index contributed by atoms with van der Waals surface area (Å²) >= 11 is 0. The van der Waals surface area contributed by atoms with Crippen molar-refractivity contribution in [2.24, 2.45) is 5.92 Å². The van der Waals surface area contributed by atoms with Gasteiger partial charge in [0, 0.05) is 31.5 Å². The lowest BCUT2D eigenvalue weighted by atomic mass is 9.78. The smallest absolute Gasteiger partial charge is 0.410 e. The normalized spacial score (nSPS) is 23.5. The van der Waals surface area contributed by atoms with E-state index in [1.54, 1.807) is 20.8 Å². The van der Waals surface area contributed by atoms with Crippen molar-refractivity contribution < 1.29 is 29.0 Å². The van der Waals surface area contributed by atoms with Crippen LogP contribution < -0.4 is 0 Å². The van der Waals surface area contributed by atoms with Crippen molar-refractivity contribution in [1.82, 2.24) is 14.7 Å². The number of aliphatic carboxylic acids is 1. The molecule has 1 unspecified atom stereocenters. The third-order valence-electron chi connectivity index (χ3n) is 8.75. The molecule has 2 aromatic carbocycles. The number of carboxylic acid groups (broad SMARTS) is 1. The Morgan fingerprint density at radius 3 is 2.12 bits per heavy atom. The fraction of sp³-hybridized carbons (Fsp3) is 0.531. The first kappa shape index (κ1) is 28.9. The predicted molar refractivity (Wildman–Crippen MR) is 155 cm³/mol. The van der Waals surface area contributed by atoms with Gasteiger partial charge in [-0.3, -0.25) is 4.90 Å². The summed E-state index contributed by atoms with van der Waals surface area (Å²) in [4.78, 5) is 44.7. The number of ether oxygens (including phenoxy) is 2. The highest BCUT2D eigenvalue weighted by Gasteiger charge is 2.55. The summed E-state index contributed by atoms with van der Waals surface area (Å²) in [5, 5.41) is 10.6. The van der Waals surface area contributed by atoms with Crippen LogP contribution in [-0.2, 0) is 14.3 Å². The average molecular weight is 564 g/mol. The number of rotatable bonds is 7. The van der Waals surface area contributed by atoms with E-state index >= 15 is 0 Å². The summed E-state index contributed by atoms with van der Waals surface area (Å²) in [6.07, 6.45) is 0.602. The molecule has 1 N–H and O–H groups in total. The van der Waals surface area contributed by atoms with Crippen molar-refractivity contribution in [3.63, 3.8) is 0 Å². The summed E-state index contributed by atoms with van der Waals surface area (Å²) in [5.41, 5.74) is 2.11. The molecule has 1 saturated heterocycles. The van der Waals surface area contributed by atoms with Crippen LogP contribution in [0.5, 0.6) is 0 Å². The Kier molecular flexibility index (Phi) is 7.76. The molecule has 0 aromatic heterocycles. The summed E-state index contributed by atoms with van der Waals surface area (Å²) in [6, 6.07) is 16.6. The maximum absolute atomic E-state index is 13.9. The van der Waals surface area contributed by atoms with Gasteiger partial charge < -0.3 is 24.4 Å². The number of hydrogen-bond acceptors (Lipinski definition) is 6. The molecule has 1 aliphatic heterocycles. The van der Waals surface area contributed by atoms with Gasteiger partial charge in [-0.05, 0) is 75.9 Å².